The van der Waals surface area contributed by atoms with Gasteiger partial charge >= 0.3 is 12.1 Å². The second kappa shape index (κ2) is 11.9. The van der Waals surface area contributed by atoms with Crippen molar-refractivity contribution in [3.05, 3.63) is 83.9 Å². The van der Waals surface area contributed by atoms with Crippen LogP contribution in [0.2, 0.25) is 0 Å². The number of carboxylic acids is 1. The smallest absolute Gasteiger partial charge is 0.409 e. The number of rotatable bonds is 8. The van der Waals surface area contributed by atoms with Gasteiger partial charge < -0.3 is 24.8 Å². The van der Waals surface area contributed by atoms with Gasteiger partial charge in [0, 0.05) is 29.7 Å². The first-order chi connectivity index (χ1) is 17.4. The fourth-order valence-electron chi connectivity index (χ4n) is 3.87. The normalized spacial score (nSPS) is 14.8. The van der Waals surface area contributed by atoms with Gasteiger partial charge in [-0.15, -0.1) is 11.8 Å². The Labute approximate surface area is 219 Å². The topological polar surface area (TPSA) is 88.1 Å². The fraction of sp³-hybridized carbons (Fsp3) is 0.222. The van der Waals surface area contributed by atoms with Gasteiger partial charge in [-0.1, -0.05) is 36.5 Å². The molecule has 186 valence electrons. The molecule has 1 aliphatic rings. The van der Waals surface area contributed by atoms with Crippen LogP contribution in [0.3, 0.4) is 0 Å². The van der Waals surface area contributed by atoms with E-state index >= 15 is 0 Å². The zero-order chi connectivity index (χ0) is 25.5. The van der Waals surface area contributed by atoms with Crippen LogP contribution in [0, 0.1) is 0 Å². The lowest BCUT2D eigenvalue weighted by Crippen LogP contribution is -2.28. The van der Waals surface area contributed by atoms with Gasteiger partial charge in [-0.2, -0.15) is 0 Å². The standard InChI is InChI=1S/C27H26N2O5S2/c1-33-27(32)29-15-14-22(17-29)36-21-12-10-20(11-13-21)34-19-8-6-18(7-9-19)16-25(35)28-24-5-3-2-4-23(24)26(30)31/h2-13,22H,14-17H2,1H3,(H,28,35)(H,30,31)/t22-/m1/s1. The zero-order valence-electron chi connectivity index (χ0n) is 19.7. The van der Waals surface area contributed by atoms with Crippen LogP contribution in [0.5, 0.6) is 11.5 Å². The van der Waals surface area contributed by atoms with Gasteiger partial charge in [0.05, 0.1) is 23.3 Å². The molecule has 1 amide bonds. The predicted octanol–water partition coefficient (Wildman–Crippen LogP) is 6.09. The van der Waals surface area contributed by atoms with E-state index in [0.717, 1.165) is 29.2 Å². The molecule has 2 N–H and O–H groups in total. The lowest BCUT2D eigenvalue weighted by Gasteiger charge is -2.14. The van der Waals surface area contributed by atoms with Crippen molar-refractivity contribution in [2.75, 3.05) is 25.5 Å². The van der Waals surface area contributed by atoms with Gasteiger partial charge in [0.1, 0.15) is 11.5 Å². The van der Waals surface area contributed by atoms with Crippen molar-refractivity contribution in [2.24, 2.45) is 0 Å². The van der Waals surface area contributed by atoms with Crippen LogP contribution >= 0.6 is 24.0 Å². The third-order valence-electron chi connectivity index (χ3n) is 5.66. The molecule has 3 aromatic rings. The van der Waals surface area contributed by atoms with E-state index in [2.05, 4.69) is 5.32 Å². The summed E-state index contributed by atoms with van der Waals surface area (Å²) in [6.45, 7) is 1.41. The molecule has 0 aliphatic carbocycles. The second-order valence-electron chi connectivity index (χ2n) is 8.24. The molecule has 0 aromatic heterocycles. The van der Waals surface area contributed by atoms with Crippen molar-refractivity contribution < 1.29 is 24.2 Å². The summed E-state index contributed by atoms with van der Waals surface area (Å²) in [5, 5.41) is 12.7. The maximum atomic E-state index is 11.7. The van der Waals surface area contributed by atoms with E-state index in [4.69, 9.17) is 21.7 Å². The number of methoxy groups -OCH3 is 1. The SMILES string of the molecule is COC(=O)N1CC[C@@H](Sc2ccc(Oc3ccc(CC(=S)Nc4ccccc4C(=O)O)cc3)cc2)C1. The Kier molecular flexibility index (Phi) is 8.45. The minimum absolute atomic E-state index is 0.180. The van der Waals surface area contributed by atoms with Crippen LogP contribution in [-0.2, 0) is 11.2 Å². The van der Waals surface area contributed by atoms with Crippen LogP contribution in [0.25, 0.3) is 0 Å². The predicted molar refractivity (Wildman–Crippen MR) is 145 cm³/mol. The summed E-state index contributed by atoms with van der Waals surface area (Å²) in [4.78, 5) is 26.4. The van der Waals surface area contributed by atoms with E-state index in [0.29, 0.717) is 34.6 Å². The molecule has 1 saturated heterocycles. The van der Waals surface area contributed by atoms with Gasteiger partial charge in [-0.05, 0) is 60.5 Å². The minimum atomic E-state index is -1.00. The van der Waals surface area contributed by atoms with Crippen LogP contribution in [0.1, 0.15) is 22.3 Å². The van der Waals surface area contributed by atoms with Crippen molar-refractivity contribution in [1.29, 1.82) is 0 Å². The van der Waals surface area contributed by atoms with E-state index in [1.807, 2.05) is 48.5 Å². The largest absolute Gasteiger partial charge is 0.478 e. The molecule has 1 fully saturated rings. The van der Waals surface area contributed by atoms with Crippen molar-refractivity contribution >= 4 is 46.7 Å². The molecule has 0 spiro atoms. The number of nitrogens with one attached hydrogen (secondary N) is 1. The van der Waals surface area contributed by atoms with Crippen LogP contribution in [0.4, 0.5) is 10.5 Å². The lowest BCUT2D eigenvalue weighted by molar-refractivity contribution is 0.0698. The molecule has 4 rings (SSSR count). The first-order valence-corrected chi connectivity index (χ1v) is 12.7. The number of carbonyl (C=O) groups is 2. The fourth-order valence-corrected chi connectivity index (χ4v) is 5.30. The highest BCUT2D eigenvalue weighted by Crippen LogP contribution is 2.32. The number of aromatic carboxylic acids is 1. The second-order valence-corrected chi connectivity index (χ2v) is 10.1. The highest BCUT2D eigenvalue weighted by molar-refractivity contribution is 8.00. The number of para-hydroxylation sites is 1. The molecule has 0 saturated carbocycles. The summed E-state index contributed by atoms with van der Waals surface area (Å²) in [6.07, 6.45) is 1.15. The first kappa shape index (κ1) is 25.5. The zero-order valence-corrected chi connectivity index (χ0v) is 21.3. The summed E-state index contributed by atoms with van der Waals surface area (Å²) in [5.74, 6) is 0.439. The molecule has 0 unspecified atom stereocenters. The Balaban J connectivity index is 1.28. The molecular weight excluding hydrogens is 496 g/mol. The molecule has 36 heavy (non-hydrogen) atoms. The average Bonchev–Trinajstić information content (AvgIpc) is 3.34. The molecule has 0 bridgehead atoms. The van der Waals surface area contributed by atoms with Gasteiger partial charge in [-0.3, -0.25) is 0 Å². The summed E-state index contributed by atoms with van der Waals surface area (Å²) >= 11 is 7.18. The molecule has 3 aromatic carbocycles. The number of thioether (sulfide) groups is 1. The number of carbonyl (C=O) groups excluding carboxylic acids is 1. The number of hydrogen-bond donors (Lipinski definition) is 2. The number of thiocarbonyl (C=S) groups is 1. The number of hydrogen-bond acceptors (Lipinski definition) is 6. The molecule has 1 heterocycles. The van der Waals surface area contributed by atoms with Crippen LogP contribution in [-0.4, -0.2) is 52.5 Å². The average molecular weight is 523 g/mol. The maximum Gasteiger partial charge on any atom is 0.409 e. The Morgan fingerprint density at radius 2 is 1.72 bits per heavy atom. The van der Waals surface area contributed by atoms with Crippen molar-refractivity contribution in [3.8, 4) is 11.5 Å². The third kappa shape index (κ3) is 6.77. The number of amides is 1. The Morgan fingerprint density at radius 1 is 1.06 bits per heavy atom. The monoisotopic (exact) mass is 522 g/mol. The number of carboxylic acid groups (broad SMARTS) is 1. The summed E-state index contributed by atoms with van der Waals surface area (Å²) in [7, 11) is 1.41. The number of anilines is 1. The first-order valence-electron chi connectivity index (χ1n) is 11.4. The van der Waals surface area contributed by atoms with Crippen LogP contribution in [0.15, 0.2) is 77.7 Å². The summed E-state index contributed by atoms with van der Waals surface area (Å²) in [6, 6.07) is 22.2. The van der Waals surface area contributed by atoms with Crippen molar-refractivity contribution in [3.63, 3.8) is 0 Å². The van der Waals surface area contributed by atoms with E-state index < -0.39 is 5.97 Å². The quantitative estimate of drug-likeness (QED) is 0.344. The van der Waals surface area contributed by atoms with Gasteiger partial charge in [0.15, 0.2) is 0 Å². The van der Waals surface area contributed by atoms with Crippen LogP contribution < -0.4 is 10.1 Å². The van der Waals surface area contributed by atoms with E-state index in [9.17, 15) is 14.7 Å². The molecule has 1 aliphatic heterocycles. The highest BCUT2D eigenvalue weighted by atomic mass is 32.2. The summed E-state index contributed by atoms with van der Waals surface area (Å²) in [5.41, 5.74) is 1.64. The molecule has 0 radical (unpaired) electrons. The maximum absolute atomic E-state index is 11.7. The third-order valence-corrected chi connectivity index (χ3v) is 7.17. The van der Waals surface area contributed by atoms with Gasteiger partial charge in [0.25, 0.3) is 0 Å². The Bertz CT molecular complexity index is 1230. The Hall–Kier alpha value is -3.56. The molecule has 9 heteroatoms. The lowest BCUT2D eigenvalue weighted by atomic mass is 10.1. The van der Waals surface area contributed by atoms with E-state index in [1.54, 1.807) is 34.9 Å². The molecule has 1 atom stereocenters. The molecule has 7 nitrogen and oxygen atoms in total. The Morgan fingerprint density at radius 3 is 2.39 bits per heavy atom. The number of nitrogens with zero attached hydrogens (tertiary/aromatic N) is 1. The minimum Gasteiger partial charge on any atom is -0.478 e. The summed E-state index contributed by atoms with van der Waals surface area (Å²) < 4.78 is 10.8. The van der Waals surface area contributed by atoms with Gasteiger partial charge in [-0.25, -0.2) is 9.59 Å². The number of benzene rings is 3. The van der Waals surface area contributed by atoms with Crippen molar-refractivity contribution in [1.82, 2.24) is 4.90 Å². The van der Waals surface area contributed by atoms with Crippen molar-refractivity contribution in [2.45, 2.75) is 23.0 Å². The number of ether oxygens (including phenoxy) is 2. The van der Waals surface area contributed by atoms with Gasteiger partial charge in [0.2, 0.25) is 0 Å². The van der Waals surface area contributed by atoms with E-state index in [-0.39, 0.29) is 11.7 Å². The highest BCUT2D eigenvalue weighted by Gasteiger charge is 2.27. The number of likely N-dealkylation sites (tertiary alicyclic amines) is 1. The molecular formula is C27H26N2O5S2. The van der Waals surface area contributed by atoms with E-state index in [1.165, 1.54) is 13.2 Å².